The van der Waals surface area contributed by atoms with Crippen molar-refractivity contribution in [3.05, 3.63) is 0 Å². The average Bonchev–Trinajstić information content (AvgIpc) is 2.82. The van der Waals surface area contributed by atoms with Crippen molar-refractivity contribution in [2.75, 3.05) is 20.1 Å². The summed E-state index contributed by atoms with van der Waals surface area (Å²) in [6.07, 6.45) is 7.24. The molecule has 1 aliphatic carbocycles. The van der Waals surface area contributed by atoms with E-state index in [1.54, 1.807) is 0 Å². The second-order valence-electron chi connectivity index (χ2n) is 4.93. The van der Waals surface area contributed by atoms with Gasteiger partial charge in [-0.3, -0.25) is 4.79 Å². The Morgan fingerprint density at radius 2 is 1.88 bits per heavy atom. The van der Waals surface area contributed by atoms with Gasteiger partial charge in [0.25, 0.3) is 0 Å². The molecule has 0 spiro atoms. The molecule has 16 heavy (non-hydrogen) atoms. The van der Waals surface area contributed by atoms with E-state index in [1.807, 2.05) is 11.9 Å². The SMILES string of the molecule is CN(C(=O)C1CCCNC1)C1CCCC1.Cl. The second kappa shape index (κ2) is 6.45. The summed E-state index contributed by atoms with van der Waals surface area (Å²) in [4.78, 5) is 14.2. The van der Waals surface area contributed by atoms with Crippen molar-refractivity contribution in [1.82, 2.24) is 10.2 Å². The molecule has 3 nitrogen and oxygen atoms in total. The van der Waals surface area contributed by atoms with Crippen molar-refractivity contribution in [1.29, 1.82) is 0 Å². The Labute approximate surface area is 104 Å². The van der Waals surface area contributed by atoms with Crippen LogP contribution in [0.15, 0.2) is 0 Å². The van der Waals surface area contributed by atoms with Gasteiger partial charge in [-0.05, 0) is 32.2 Å². The molecule has 4 heteroatoms. The van der Waals surface area contributed by atoms with E-state index in [0.717, 1.165) is 25.9 Å². The summed E-state index contributed by atoms with van der Waals surface area (Å²) in [5.41, 5.74) is 0. The lowest BCUT2D eigenvalue weighted by molar-refractivity contribution is -0.136. The number of halogens is 1. The number of carbonyl (C=O) groups is 1. The molecular weight excluding hydrogens is 224 g/mol. The summed E-state index contributed by atoms with van der Waals surface area (Å²) in [7, 11) is 1.99. The molecule has 94 valence electrons. The van der Waals surface area contributed by atoms with E-state index < -0.39 is 0 Å². The van der Waals surface area contributed by atoms with Gasteiger partial charge in [-0.25, -0.2) is 0 Å². The standard InChI is InChI=1S/C12H22N2O.ClH/c1-14(11-6-2-3-7-11)12(15)10-5-4-8-13-9-10;/h10-11,13H,2-9H2,1H3;1H. The predicted octanol–water partition coefficient (Wildman–Crippen LogP) is 1.81. The average molecular weight is 247 g/mol. The summed E-state index contributed by atoms with van der Waals surface area (Å²) in [5.74, 6) is 0.610. The van der Waals surface area contributed by atoms with Crippen LogP contribution in [0.3, 0.4) is 0 Å². The van der Waals surface area contributed by atoms with Crippen LogP contribution < -0.4 is 5.32 Å². The fourth-order valence-corrected chi connectivity index (χ4v) is 2.82. The highest BCUT2D eigenvalue weighted by Crippen LogP contribution is 2.24. The van der Waals surface area contributed by atoms with Crippen LogP contribution in [0.5, 0.6) is 0 Å². The van der Waals surface area contributed by atoms with Crippen molar-refractivity contribution in [3.63, 3.8) is 0 Å². The molecule has 1 N–H and O–H groups in total. The van der Waals surface area contributed by atoms with E-state index in [0.29, 0.717) is 11.9 Å². The maximum absolute atomic E-state index is 12.2. The largest absolute Gasteiger partial charge is 0.342 e. The van der Waals surface area contributed by atoms with Gasteiger partial charge in [0.05, 0.1) is 5.92 Å². The fraction of sp³-hybridized carbons (Fsp3) is 0.917. The van der Waals surface area contributed by atoms with E-state index in [2.05, 4.69) is 5.32 Å². The highest BCUT2D eigenvalue weighted by atomic mass is 35.5. The highest BCUT2D eigenvalue weighted by Gasteiger charge is 2.29. The van der Waals surface area contributed by atoms with Gasteiger partial charge in [0, 0.05) is 19.6 Å². The molecule has 0 bridgehead atoms. The summed E-state index contributed by atoms with van der Waals surface area (Å²) in [6, 6.07) is 0.527. The number of nitrogens with zero attached hydrogens (tertiary/aromatic N) is 1. The van der Waals surface area contributed by atoms with Gasteiger partial charge in [-0.15, -0.1) is 12.4 Å². The van der Waals surface area contributed by atoms with E-state index in [9.17, 15) is 4.79 Å². The van der Waals surface area contributed by atoms with Gasteiger partial charge < -0.3 is 10.2 Å². The number of piperidine rings is 1. The normalized spacial score (nSPS) is 26.2. The fourth-order valence-electron chi connectivity index (χ4n) is 2.82. The lowest BCUT2D eigenvalue weighted by Gasteiger charge is -2.30. The van der Waals surface area contributed by atoms with Crippen molar-refractivity contribution in [2.24, 2.45) is 5.92 Å². The molecule has 0 aromatic carbocycles. The summed E-state index contributed by atoms with van der Waals surface area (Å²) in [5, 5.41) is 3.31. The Bertz CT molecular complexity index is 223. The number of nitrogens with one attached hydrogen (secondary N) is 1. The lowest BCUT2D eigenvalue weighted by Crippen LogP contribution is -2.44. The Hall–Kier alpha value is -0.280. The van der Waals surface area contributed by atoms with Crippen molar-refractivity contribution in [3.8, 4) is 0 Å². The maximum atomic E-state index is 12.2. The van der Waals surface area contributed by atoms with Crippen molar-refractivity contribution >= 4 is 18.3 Å². The van der Waals surface area contributed by atoms with Gasteiger partial charge in [0.15, 0.2) is 0 Å². The zero-order valence-corrected chi connectivity index (χ0v) is 10.9. The third-order valence-corrected chi connectivity index (χ3v) is 3.87. The third kappa shape index (κ3) is 3.11. The van der Waals surface area contributed by atoms with E-state index in [4.69, 9.17) is 0 Å². The second-order valence-corrected chi connectivity index (χ2v) is 4.93. The van der Waals surface area contributed by atoms with E-state index in [-0.39, 0.29) is 18.3 Å². The molecule has 0 aromatic heterocycles. The molecule has 2 fully saturated rings. The molecule has 1 unspecified atom stereocenters. The zero-order chi connectivity index (χ0) is 10.7. The summed E-state index contributed by atoms with van der Waals surface area (Å²) < 4.78 is 0. The molecule has 2 rings (SSSR count). The van der Waals surface area contributed by atoms with Crippen LogP contribution in [0, 0.1) is 5.92 Å². The Morgan fingerprint density at radius 1 is 1.19 bits per heavy atom. The number of hydrogen-bond acceptors (Lipinski definition) is 2. The van der Waals surface area contributed by atoms with Crippen molar-refractivity contribution < 1.29 is 4.79 Å². The molecular formula is C12H23ClN2O. The molecule has 1 saturated carbocycles. The lowest BCUT2D eigenvalue weighted by atomic mass is 9.97. The van der Waals surface area contributed by atoms with Crippen LogP contribution in [0.1, 0.15) is 38.5 Å². The van der Waals surface area contributed by atoms with Crippen LogP contribution >= 0.6 is 12.4 Å². The first kappa shape index (κ1) is 13.8. The van der Waals surface area contributed by atoms with E-state index >= 15 is 0 Å². The Morgan fingerprint density at radius 3 is 2.44 bits per heavy atom. The molecule has 1 atom stereocenters. The molecule has 0 aromatic rings. The number of hydrogen-bond donors (Lipinski definition) is 1. The monoisotopic (exact) mass is 246 g/mol. The topological polar surface area (TPSA) is 32.3 Å². The Kier molecular flexibility index (Phi) is 5.56. The highest BCUT2D eigenvalue weighted by molar-refractivity contribution is 5.85. The van der Waals surface area contributed by atoms with Crippen LogP contribution in [-0.2, 0) is 4.79 Å². The minimum Gasteiger partial charge on any atom is -0.342 e. The minimum atomic E-state index is 0. The first-order valence-electron chi connectivity index (χ1n) is 6.26. The van der Waals surface area contributed by atoms with Gasteiger partial charge in [0.2, 0.25) is 5.91 Å². The number of amides is 1. The van der Waals surface area contributed by atoms with Crippen LogP contribution in [-0.4, -0.2) is 37.0 Å². The predicted molar refractivity (Wildman–Crippen MR) is 67.9 cm³/mol. The smallest absolute Gasteiger partial charge is 0.226 e. The summed E-state index contributed by atoms with van der Waals surface area (Å²) >= 11 is 0. The zero-order valence-electron chi connectivity index (χ0n) is 10.1. The number of rotatable bonds is 2. The van der Waals surface area contributed by atoms with Gasteiger partial charge >= 0.3 is 0 Å². The quantitative estimate of drug-likeness (QED) is 0.806. The maximum Gasteiger partial charge on any atom is 0.226 e. The molecule has 1 amide bonds. The Balaban J connectivity index is 0.00000128. The molecule has 1 heterocycles. The first-order valence-corrected chi connectivity index (χ1v) is 6.26. The van der Waals surface area contributed by atoms with Gasteiger partial charge in [-0.1, -0.05) is 12.8 Å². The molecule has 1 aliphatic heterocycles. The van der Waals surface area contributed by atoms with Crippen LogP contribution in [0.25, 0.3) is 0 Å². The molecule has 0 radical (unpaired) electrons. The van der Waals surface area contributed by atoms with Crippen LogP contribution in [0.4, 0.5) is 0 Å². The molecule has 1 saturated heterocycles. The van der Waals surface area contributed by atoms with Gasteiger partial charge in [0.1, 0.15) is 0 Å². The third-order valence-electron chi connectivity index (χ3n) is 3.87. The van der Waals surface area contributed by atoms with Gasteiger partial charge in [-0.2, -0.15) is 0 Å². The minimum absolute atomic E-state index is 0. The van der Waals surface area contributed by atoms with Crippen molar-refractivity contribution in [2.45, 2.75) is 44.6 Å². The first-order chi connectivity index (χ1) is 7.29. The summed E-state index contributed by atoms with van der Waals surface area (Å²) in [6.45, 7) is 1.97. The van der Waals surface area contributed by atoms with Crippen LogP contribution in [0.2, 0.25) is 0 Å². The number of carbonyl (C=O) groups excluding carboxylic acids is 1. The molecule has 2 aliphatic rings. The van der Waals surface area contributed by atoms with E-state index in [1.165, 1.54) is 25.7 Å².